The summed E-state index contributed by atoms with van der Waals surface area (Å²) in [6.07, 6.45) is 3.15. The van der Waals surface area contributed by atoms with E-state index in [4.69, 9.17) is 4.74 Å². The largest absolute Gasteiger partial charge is 0.497 e. The standard InChI is InChI=1S/C13H12N2O2S/c1-17-9-3-5-11-12(7-9)15-13(14-11)18-10-4-2-8(16)6-10/h3,5-7H,2,4H2,1H3,(H,14,15). The highest BCUT2D eigenvalue weighted by Crippen LogP contribution is 2.33. The van der Waals surface area contributed by atoms with Crippen LogP contribution in [-0.2, 0) is 4.79 Å². The quantitative estimate of drug-likeness (QED) is 0.922. The van der Waals surface area contributed by atoms with Gasteiger partial charge in [-0.15, -0.1) is 0 Å². The molecule has 0 unspecified atom stereocenters. The van der Waals surface area contributed by atoms with E-state index in [1.807, 2.05) is 18.2 Å². The Morgan fingerprint density at radius 1 is 1.39 bits per heavy atom. The predicted molar refractivity (Wildman–Crippen MR) is 70.8 cm³/mol. The first-order valence-corrected chi connectivity index (χ1v) is 6.51. The van der Waals surface area contributed by atoms with Crippen LogP contribution in [-0.4, -0.2) is 22.9 Å². The van der Waals surface area contributed by atoms with E-state index >= 15 is 0 Å². The molecular formula is C13H12N2O2S. The molecule has 1 heterocycles. The van der Waals surface area contributed by atoms with Crippen LogP contribution in [0.5, 0.6) is 5.75 Å². The molecule has 0 aliphatic heterocycles. The van der Waals surface area contributed by atoms with Crippen LogP contribution in [0.3, 0.4) is 0 Å². The summed E-state index contributed by atoms with van der Waals surface area (Å²) in [6, 6.07) is 5.72. The molecule has 1 aliphatic rings. The van der Waals surface area contributed by atoms with Crippen molar-refractivity contribution in [2.45, 2.75) is 18.0 Å². The highest BCUT2D eigenvalue weighted by atomic mass is 32.2. The van der Waals surface area contributed by atoms with E-state index in [0.29, 0.717) is 6.42 Å². The molecule has 0 radical (unpaired) electrons. The van der Waals surface area contributed by atoms with Gasteiger partial charge in [-0.3, -0.25) is 4.79 Å². The number of methoxy groups -OCH3 is 1. The molecule has 4 nitrogen and oxygen atoms in total. The summed E-state index contributed by atoms with van der Waals surface area (Å²) < 4.78 is 5.17. The van der Waals surface area contributed by atoms with E-state index in [1.54, 1.807) is 13.2 Å². The van der Waals surface area contributed by atoms with Crippen molar-refractivity contribution in [2.24, 2.45) is 0 Å². The molecule has 18 heavy (non-hydrogen) atoms. The summed E-state index contributed by atoms with van der Waals surface area (Å²) in [4.78, 5) is 19.9. The molecule has 0 spiro atoms. The smallest absolute Gasteiger partial charge is 0.170 e. The van der Waals surface area contributed by atoms with E-state index in [0.717, 1.165) is 33.3 Å². The third-order valence-corrected chi connectivity index (χ3v) is 3.81. The van der Waals surface area contributed by atoms with Crippen molar-refractivity contribution < 1.29 is 9.53 Å². The molecule has 1 aliphatic carbocycles. The van der Waals surface area contributed by atoms with Gasteiger partial charge in [0, 0.05) is 12.5 Å². The highest BCUT2D eigenvalue weighted by Gasteiger charge is 2.14. The fourth-order valence-electron chi connectivity index (χ4n) is 1.92. The maximum Gasteiger partial charge on any atom is 0.170 e. The Morgan fingerprint density at radius 3 is 3.00 bits per heavy atom. The summed E-state index contributed by atoms with van der Waals surface area (Å²) in [7, 11) is 1.64. The second-order valence-electron chi connectivity index (χ2n) is 4.10. The number of imidazole rings is 1. The first-order valence-electron chi connectivity index (χ1n) is 5.69. The summed E-state index contributed by atoms with van der Waals surface area (Å²) in [6.45, 7) is 0. The number of benzene rings is 1. The number of carbonyl (C=O) groups excluding carboxylic acids is 1. The number of hydrogen-bond acceptors (Lipinski definition) is 4. The molecule has 1 N–H and O–H groups in total. The number of aromatic amines is 1. The number of H-pyrrole nitrogens is 1. The molecular weight excluding hydrogens is 248 g/mol. The normalized spacial score (nSPS) is 15.2. The van der Waals surface area contributed by atoms with E-state index in [9.17, 15) is 4.79 Å². The number of fused-ring (bicyclic) bond motifs is 1. The Hall–Kier alpha value is -1.75. The molecule has 1 aromatic carbocycles. The molecule has 92 valence electrons. The predicted octanol–water partition coefficient (Wildman–Crippen LogP) is 2.91. The number of ketones is 1. The first kappa shape index (κ1) is 11.3. The van der Waals surface area contributed by atoms with Gasteiger partial charge in [-0.05, 0) is 29.5 Å². The molecule has 3 rings (SSSR count). The Morgan fingerprint density at radius 2 is 2.28 bits per heavy atom. The van der Waals surface area contributed by atoms with Crippen molar-refractivity contribution in [2.75, 3.05) is 7.11 Å². The van der Waals surface area contributed by atoms with Crippen LogP contribution in [0.2, 0.25) is 0 Å². The van der Waals surface area contributed by atoms with Gasteiger partial charge in [0.2, 0.25) is 0 Å². The number of thioether (sulfide) groups is 1. The van der Waals surface area contributed by atoms with Crippen LogP contribution >= 0.6 is 11.8 Å². The van der Waals surface area contributed by atoms with Crippen molar-refractivity contribution in [1.29, 1.82) is 0 Å². The van der Waals surface area contributed by atoms with Gasteiger partial charge in [0.15, 0.2) is 10.9 Å². The number of nitrogens with one attached hydrogen (secondary N) is 1. The maximum atomic E-state index is 11.2. The highest BCUT2D eigenvalue weighted by molar-refractivity contribution is 8.03. The number of hydrogen-bond donors (Lipinski definition) is 1. The van der Waals surface area contributed by atoms with Crippen LogP contribution < -0.4 is 4.74 Å². The van der Waals surface area contributed by atoms with Gasteiger partial charge in [0.05, 0.1) is 18.1 Å². The summed E-state index contributed by atoms with van der Waals surface area (Å²) >= 11 is 1.53. The topological polar surface area (TPSA) is 55.0 Å². The molecule has 0 saturated heterocycles. The van der Waals surface area contributed by atoms with Crippen molar-refractivity contribution in [1.82, 2.24) is 9.97 Å². The molecule has 0 bridgehead atoms. The number of allylic oxidation sites excluding steroid dienone is 2. The number of rotatable bonds is 3. The van der Waals surface area contributed by atoms with Crippen molar-refractivity contribution >= 4 is 28.6 Å². The molecule has 0 saturated carbocycles. The Bertz CT molecular complexity index is 645. The van der Waals surface area contributed by atoms with Gasteiger partial charge in [-0.1, -0.05) is 11.8 Å². The van der Waals surface area contributed by atoms with E-state index in [-0.39, 0.29) is 5.78 Å². The van der Waals surface area contributed by atoms with Crippen molar-refractivity contribution in [3.63, 3.8) is 0 Å². The monoisotopic (exact) mass is 260 g/mol. The molecule has 2 aromatic rings. The fourth-order valence-corrected chi connectivity index (χ4v) is 2.86. The SMILES string of the molecule is COc1ccc2nc(SC3=CC(=O)CC3)[nH]c2c1. The Kier molecular flexibility index (Phi) is 2.83. The number of ether oxygens (including phenoxy) is 1. The minimum absolute atomic E-state index is 0.204. The Balaban J connectivity index is 1.89. The second kappa shape index (κ2) is 4.49. The van der Waals surface area contributed by atoms with Crippen LogP contribution in [0, 0.1) is 0 Å². The van der Waals surface area contributed by atoms with Gasteiger partial charge in [0.25, 0.3) is 0 Å². The number of carbonyl (C=O) groups is 1. The third-order valence-electron chi connectivity index (χ3n) is 2.83. The maximum absolute atomic E-state index is 11.2. The summed E-state index contributed by atoms with van der Waals surface area (Å²) in [5.74, 6) is 1.01. The number of aromatic nitrogens is 2. The third kappa shape index (κ3) is 2.13. The lowest BCUT2D eigenvalue weighted by Gasteiger charge is -1.96. The molecule has 1 aromatic heterocycles. The van der Waals surface area contributed by atoms with Crippen molar-refractivity contribution in [3.05, 3.63) is 29.2 Å². The van der Waals surface area contributed by atoms with Gasteiger partial charge in [-0.25, -0.2) is 4.98 Å². The average Bonchev–Trinajstić information content (AvgIpc) is 2.94. The second-order valence-corrected chi connectivity index (χ2v) is 5.22. The van der Waals surface area contributed by atoms with Crippen LogP contribution in [0.15, 0.2) is 34.3 Å². The minimum atomic E-state index is 0.204. The van der Waals surface area contributed by atoms with Gasteiger partial charge in [-0.2, -0.15) is 0 Å². The van der Waals surface area contributed by atoms with Crippen LogP contribution in [0.1, 0.15) is 12.8 Å². The Labute approximate surface area is 108 Å². The van der Waals surface area contributed by atoms with Crippen molar-refractivity contribution in [3.8, 4) is 5.75 Å². The van der Waals surface area contributed by atoms with E-state index in [2.05, 4.69) is 9.97 Å². The molecule has 0 amide bonds. The lowest BCUT2D eigenvalue weighted by atomic mass is 10.3. The lowest BCUT2D eigenvalue weighted by molar-refractivity contribution is -0.114. The summed E-state index contributed by atoms with van der Waals surface area (Å²) in [5.41, 5.74) is 1.85. The zero-order valence-electron chi connectivity index (χ0n) is 9.90. The first-order chi connectivity index (χ1) is 8.74. The molecule has 0 fully saturated rings. The van der Waals surface area contributed by atoms with E-state index in [1.165, 1.54) is 11.8 Å². The van der Waals surface area contributed by atoms with E-state index < -0.39 is 0 Å². The zero-order valence-corrected chi connectivity index (χ0v) is 10.7. The molecule has 5 heteroatoms. The van der Waals surface area contributed by atoms with Crippen LogP contribution in [0.25, 0.3) is 11.0 Å². The molecule has 0 atom stereocenters. The summed E-state index contributed by atoms with van der Waals surface area (Å²) in [5, 5.41) is 0.819. The lowest BCUT2D eigenvalue weighted by Crippen LogP contribution is -1.81. The van der Waals surface area contributed by atoms with Gasteiger partial charge < -0.3 is 9.72 Å². The van der Waals surface area contributed by atoms with Gasteiger partial charge >= 0.3 is 0 Å². The van der Waals surface area contributed by atoms with Crippen LogP contribution in [0.4, 0.5) is 0 Å². The number of nitrogens with zero attached hydrogens (tertiary/aromatic N) is 1. The van der Waals surface area contributed by atoms with Gasteiger partial charge in [0.1, 0.15) is 5.75 Å². The zero-order chi connectivity index (χ0) is 12.5. The minimum Gasteiger partial charge on any atom is -0.497 e. The average molecular weight is 260 g/mol. The fraction of sp³-hybridized carbons (Fsp3) is 0.231.